The Bertz CT molecular complexity index is 1630. The van der Waals surface area contributed by atoms with Crippen molar-refractivity contribution in [3.63, 3.8) is 0 Å². The molecule has 2 bridgehead atoms. The van der Waals surface area contributed by atoms with Crippen LogP contribution in [0.2, 0.25) is 0 Å². The van der Waals surface area contributed by atoms with Crippen LogP contribution in [-0.2, 0) is 56.9 Å². The SMILES string of the molecule is CO[C@H]1C[C@H](O[C@H]2[C@H](C)O[C@@H](O[C@@H]3/C(C)=C/C[C@@H]4C[C@@H](C[C@]5(COC[C@@H](C(C)C)O5)O4)OC(=O)[C@@H]4C=C(C)[C@@H](O)[C@H]5OC/C(=C\C=C\[C@@H]3C)[C@]54O)C[C@@H]2OC)O[C@@H](C)[C@@H]1O. The highest BCUT2D eigenvalue weighted by molar-refractivity contribution is 5.78. The summed E-state index contributed by atoms with van der Waals surface area (Å²) in [5, 5.41) is 34.1. The summed E-state index contributed by atoms with van der Waals surface area (Å²) in [4.78, 5) is 14.2. The molecule has 15 heteroatoms. The maximum atomic E-state index is 14.2. The molecule has 7 rings (SSSR count). The minimum Gasteiger partial charge on any atom is -0.462 e. The number of esters is 1. The van der Waals surface area contributed by atoms with Crippen molar-refractivity contribution in [2.24, 2.45) is 17.8 Å². The van der Waals surface area contributed by atoms with E-state index in [-0.39, 0.29) is 43.7 Å². The van der Waals surface area contributed by atoms with Crippen LogP contribution in [0.25, 0.3) is 0 Å². The summed E-state index contributed by atoms with van der Waals surface area (Å²) in [5.41, 5.74) is 0.0956. The van der Waals surface area contributed by atoms with Crippen molar-refractivity contribution in [3.8, 4) is 0 Å². The molecule has 0 aromatic rings. The van der Waals surface area contributed by atoms with Gasteiger partial charge in [0.1, 0.15) is 48.6 Å². The molecule has 6 heterocycles. The number of hydrogen-bond acceptors (Lipinski definition) is 15. The molecule has 0 amide bonds. The number of aliphatic hydroxyl groups is 3. The number of aliphatic hydroxyl groups excluding tert-OH is 2. The van der Waals surface area contributed by atoms with Gasteiger partial charge in [-0.15, -0.1) is 0 Å². The molecule has 18 atom stereocenters. The minimum atomic E-state index is -1.84. The Hall–Kier alpha value is -2.09. The van der Waals surface area contributed by atoms with E-state index >= 15 is 0 Å². The van der Waals surface area contributed by atoms with Crippen LogP contribution < -0.4 is 0 Å². The maximum absolute atomic E-state index is 14.2. The summed E-state index contributed by atoms with van der Waals surface area (Å²) in [7, 11) is 3.21. The van der Waals surface area contributed by atoms with E-state index in [1.165, 1.54) is 0 Å². The van der Waals surface area contributed by atoms with Crippen molar-refractivity contribution in [2.45, 2.75) is 178 Å². The average molecular weight is 849 g/mol. The first-order valence-corrected chi connectivity index (χ1v) is 21.8. The quantitative estimate of drug-likeness (QED) is 0.249. The lowest BCUT2D eigenvalue weighted by molar-refractivity contribution is -0.360. The molecule has 0 unspecified atom stereocenters. The fourth-order valence-corrected chi connectivity index (χ4v) is 9.95. The highest BCUT2D eigenvalue weighted by Gasteiger charge is 2.60. The van der Waals surface area contributed by atoms with Crippen LogP contribution in [0.5, 0.6) is 0 Å². The zero-order valence-corrected chi connectivity index (χ0v) is 36.6. The van der Waals surface area contributed by atoms with E-state index < -0.39 is 96.9 Å². The fraction of sp³-hybridized carbons (Fsp3) is 0.800. The lowest BCUT2D eigenvalue weighted by Crippen LogP contribution is -2.59. The highest BCUT2D eigenvalue weighted by Crippen LogP contribution is 2.46. The maximum Gasteiger partial charge on any atom is 0.316 e. The van der Waals surface area contributed by atoms with Crippen molar-refractivity contribution in [1.82, 2.24) is 0 Å². The third-order valence-corrected chi connectivity index (χ3v) is 13.5. The monoisotopic (exact) mass is 848 g/mol. The highest BCUT2D eigenvalue weighted by atomic mass is 16.7. The van der Waals surface area contributed by atoms with E-state index in [2.05, 4.69) is 26.8 Å². The molecule has 7 aliphatic rings. The molecule has 0 aromatic carbocycles. The summed E-state index contributed by atoms with van der Waals surface area (Å²) >= 11 is 0. The van der Waals surface area contributed by atoms with Gasteiger partial charge in [-0.05, 0) is 56.8 Å². The Morgan fingerprint density at radius 1 is 0.900 bits per heavy atom. The van der Waals surface area contributed by atoms with Gasteiger partial charge < -0.3 is 67.4 Å². The van der Waals surface area contributed by atoms with Gasteiger partial charge in [-0.1, -0.05) is 51.2 Å². The smallest absolute Gasteiger partial charge is 0.316 e. The summed E-state index contributed by atoms with van der Waals surface area (Å²) in [6.45, 7) is 14.3. The topological polar surface area (TPSA) is 179 Å². The van der Waals surface area contributed by atoms with Crippen molar-refractivity contribution < 1.29 is 72.2 Å². The molecule has 5 saturated heterocycles. The number of fused-ring (bicyclic) bond motifs is 2. The van der Waals surface area contributed by atoms with Gasteiger partial charge in [0.25, 0.3) is 0 Å². The van der Waals surface area contributed by atoms with Gasteiger partial charge in [-0.3, -0.25) is 4.79 Å². The Balaban J connectivity index is 1.17. The van der Waals surface area contributed by atoms with Crippen LogP contribution in [-0.4, -0.2) is 153 Å². The number of hydrogen-bond donors (Lipinski definition) is 3. The van der Waals surface area contributed by atoms with Crippen molar-refractivity contribution >= 4 is 5.97 Å². The Labute approximate surface area is 354 Å². The fourth-order valence-electron chi connectivity index (χ4n) is 9.95. The van der Waals surface area contributed by atoms with Crippen LogP contribution in [0.15, 0.2) is 47.1 Å². The summed E-state index contributed by atoms with van der Waals surface area (Å²) in [5.74, 6) is -2.89. The van der Waals surface area contributed by atoms with Gasteiger partial charge in [-0.25, -0.2) is 0 Å². The Morgan fingerprint density at radius 3 is 2.35 bits per heavy atom. The van der Waals surface area contributed by atoms with E-state index in [4.69, 9.17) is 52.1 Å². The first-order valence-electron chi connectivity index (χ1n) is 21.8. The van der Waals surface area contributed by atoms with Crippen LogP contribution in [0.3, 0.4) is 0 Å². The molecular weight excluding hydrogens is 780 g/mol. The third kappa shape index (κ3) is 9.40. The molecule has 15 nitrogen and oxygen atoms in total. The molecule has 6 aliphatic heterocycles. The van der Waals surface area contributed by atoms with Crippen molar-refractivity contribution in [1.29, 1.82) is 0 Å². The number of methoxy groups -OCH3 is 2. The molecule has 0 radical (unpaired) electrons. The largest absolute Gasteiger partial charge is 0.462 e. The number of ether oxygens (including phenoxy) is 11. The van der Waals surface area contributed by atoms with Gasteiger partial charge in [0.2, 0.25) is 0 Å². The van der Waals surface area contributed by atoms with E-state index in [0.29, 0.717) is 43.4 Å². The van der Waals surface area contributed by atoms with E-state index in [9.17, 15) is 20.1 Å². The molecule has 0 saturated carbocycles. The summed E-state index contributed by atoms with van der Waals surface area (Å²) in [6.07, 6.45) is 3.13. The molecule has 3 N–H and O–H groups in total. The van der Waals surface area contributed by atoms with Crippen LogP contribution in [0, 0.1) is 17.8 Å². The van der Waals surface area contributed by atoms with Gasteiger partial charge >= 0.3 is 5.97 Å². The van der Waals surface area contributed by atoms with Crippen LogP contribution in [0.4, 0.5) is 0 Å². The predicted octanol–water partition coefficient (Wildman–Crippen LogP) is 3.81. The molecule has 60 heavy (non-hydrogen) atoms. The van der Waals surface area contributed by atoms with E-state index in [1.54, 1.807) is 40.2 Å². The van der Waals surface area contributed by atoms with Gasteiger partial charge in [0, 0.05) is 45.8 Å². The van der Waals surface area contributed by atoms with Crippen molar-refractivity contribution in [3.05, 3.63) is 47.1 Å². The van der Waals surface area contributed by atoms with Crippen LogP contribution in [0.1, 0.15) is 80.6 Å². The van der Waals surface area contributed by atoms with Crippen molar-refractivity contribution in [2.75, 3.05) is 34.0 Å². The van der Waals surface area contributed by atoms with Gasteiger partial charge in [0.15, 0.2) is 18.4 Å². The third-order valence-electron chi connectivity index (χ3n) is 13.5. The summed E-state index contributed by atoms with van der Waals surface area (Å²) < 4.78 is 69.2. The van der Waals surface area contributed by atoms with Gasteiger partial charge in [0.05, 0.1) is 55.9 Å². The molecule has 5 fully saturated rings. The predicted molar refractivity (Wildman–Crippen MR) is 215 cm³/mol. The zero-order chi connectivity index (χ0) is 43.1. The lowest BCUT2D eigenvalue weighted by Gasteiger charge is -2.48. The second kappa shape index (κ2) is 18.9. The molecule has 338 valence electrons. The standard InChI is InChI=1S/C45H68O15/c1-23(2)35-21-52-22-44(60-35)19-31-16-30(59-44)14-13-25(4)40(24(3)11-10-12-29-20-53-42-38(46)26(5)15-32(43(48)56-31)45(29,42)49)57-37-18-34(51-9)41(28(7)55-37)58-36-17-33(50-8)39(47)27(6)54-36/h10-13,15,23-24,27-28,30-42,46-47,49H,14,16-22H2,1-9H3/b11-10+,25-13+,29-12+/t24-,27-,28-,30+,31-,32-,33-,34-,35-,36-,37-,38+,39-,40-,41-,42+,44-,45+/m0/s1. The minimum absolute atomic E-state index is 0.0257. The number of carbonyl (C=O) groups excluding carboxylic acids is 1. The van der Waals surface area contributed by atoms with E-state index in [0.717, 1.165) is 5.57 Å². The molecular formula is C45H68O15. The number of rotatable bonds is 7. The first kappa shape index (κ1) is 45.9. The summed E-state index contributed by atoms with van der Waals surface area (Å²) in [6, 6.07) is 0. The van der Waals surface area contributed by atoms with Crippen LogP contribution >= 0.6 is 0 Å². The zero-order valence-electron chi connectivity index (χ0n) is 36.6. The average Bonchev–Trinajstić information content (AvgIpc) is 3.55. The Kier molecular flexibility index (Phi) is 14.5. The van der Waals surface area contributed by atoms with E-state index in [1.807, 2.05) is 26.0 Å². The lowest BCUT2D eigenvalue weighted by atomic mass is 9.71. The number of carbonyl (C=O) groups is 1. The first-order chi connectivity index (χ1) is 28.5. The second-order valence-corrected chi connectivity index (χ2v) is 18.3. The van der Waals surface area contributed by atoms with Gasteiger partial charge in [-0.2, -0.15) is 0 Å². The molecule has 0 aromatic heterocycles. The normalized spacial score (nSPS) is 49.0. The molecule has 1 spiro atoms. The molecule has 1 aliphatic carbocycles. The second-order valence-electron chi connectivity index (χ2n) is 18.3. The Morgan fingerprint density at radius 2 is 1.62 bits per heavy atom. The number of allylic oxidation sites excluding steroid dienone is 2.